The van der Waals surface area contributed by atoms with Crippen LogP contribution in [0.15, 0.2) is 30.5 Å². The van der Waals surface area contributed by atoms with Gasteiger partial charge in [0, 0.05) is 25.2 Å². The van der Waals surface area contributed by atoms with E-state index in [1.807, 2.05) is 30.5 Å². The van der Waals surface area contributed by atoms with Crippen LogP contribution in [0.25, 0.3) is 11.0 Å². The van der Waals surface area contributed by atoms with Gasteiger partial charge in [-0.1, -0.05) is 12.1 Å². The Kier molecular flexibility index (Phi) is 2.67. The monoisotopic (exact) mass is 242 g/mol. The number of anilines is 1. The van der Waals surface area contributed by atoms with Gasteiger partial charge < -0.3 is 10.2 Å². The molecule has 3 rings (SSSR count). The van der Waals surface area contributed by atoms with Gasteiger partial charge in [0.25, 0.3) is 0 Å². The zero-order valence-electron chi connectivity index (χ0n) is 10.8. The van der Waals surface area contributed by atoms with Crippen LogP contribution in [-0.4, -0.2) is 35.1 Å². The molecule has 0 spiro atoms. The van der Waals surface area contributed by atoms with Gasteiger partial charge in [0.05, 0.1) is 17.2 Å². The molecule has 1 aliphatic rings. The lowest BCUT2D eigenvalue weighted by atomic mass is 10.0. The first-order valence-corrected chi connectivity index (χ1v) is 6.37. The molecule has 0 radical (unpaired) electrons. The highest BCUT2D eigenvalue weighted by Gasteiger charge is 2.30. The maximum absolute atomic E-state index is 4.73. The highest BCUT2D eigenvalue weighted by Crippen LogP contribution is 2.24. The third-order valence-corrected chi connectivity index (χ3v) is 3.51. The molecule has 1 N–H and O–H groups in total. The summed E-state index contributed by atoms with van der Waals surface area (Å²) in [6.07, 6.45) is 1.88. The second kappa shape index (κ2) is 4.21. The van der Waals surface area contributed by atoms with Crippen molar-refractivity contribution in [2.75, 3.05) is 24.5 Å². The molecule has 1 aliphatic heterocycles. The molecule has 2 aromatic rings. The summed E-state index contributed by atoms with van der Waals surface area (Å²) in [6, 6.07) is 8.01. The zero-order chi connectivity index (χ0) is 12.6. The van der Waals surface area contributed by atoms with Crippen LogP contribution in [0, 0.1) is 0 Å². The van der Waals surface area contributed by atoms with E-state index in [-0.39, 0.29) is 5.54 Å². The SMILES string of the molecule is CC1(C)CNCCN1c1cnc2ccccc2n1. The molecule has 1 fully saturated rings. The molecule has 0 saturated carbocycles. The molecular formula is C14H18N4. The van der Waals surface area contributed by atoms with Gasteiger partial charge in [-0.2, -0.15) is 0 Å². The molecule has 1 aromatic carbocycles. The van der Waals surface area contributed by atoms with Crippen molar-refractivity contribution >= 4 is 16.9 Å². The Morgan fingerprint density at radius 3 is 2.78 bits per heavy atom. The van der Waals surface area contributed by atoms with Crippen LogP contribution in [0.5, 0.6) is 0 Å². The topological polar surface area (TPSA) is 41.0 Å². The summed E-state index contributed by atoms with van der Waals surface area (Å²) in [5.41, 5.74) is 1.99. The summed E-state index contributed by atoms with van der Waals surface area (Å²) in [7, 11) is 0. The average molecular weight is 242 g/mol. The molecule has 1 saturated heterocycles. The Hall–Kier alpha value is -1.68. The fourth-order valence-electron chi connectivity index (χ4n) is 2.49. The van der Waals surface area contributed by atoms with Crippen molar-refractivity contribution in [1.82, 2.24) is 15.3 Å². The molecule has 2 heterocycles. The van der Waals surface area contributed by atoms with Crippen molar-refractivity contribution in [3.63, 3.8) is 0 Å². The molecule has 4 nitrogen and oxygen atoms in total. The van der Waals surface area contributed by atoms with Crippen molar-refractivity contribution in [1.29, 1.82) is 0 Å². The van der Waals surface area contributed by atoms with E-state index < -0.39 is 0 Å². The third-order valence-electron chi connectivity index (χ3n) is 3.51. The van der Waals surface area contributed by atoms with E-state index in [0.29, 0.717) is 0 Å². The Bertz CT molecular complexity index is 564. The number of nitrogens with one attached hydrogen (secondary N) is 1. The number of aromatic nitrogens is 2. The number of rotatable bonds is 1. The molecule has 1 aromatic heterocycles. The minimum absolute atomic E-state index is 0.0788. The van der Waals surface area contributed by atoms with Gasteiger partial charge in [0.2, 0.25) is 0 Å². The number of hydrogen-bond acceptors (Lipinski definition) is 4. The number of hydrogen-bond donors (Lipinski definition) is 1. The van der Waals surface area contributed by atoms with Crippen molar-refractivity contribution in [2.45, 2.75) is 19.4 Å². The number of benzene rings is 1. The fraction of sp³-hybridized carbons (Fsp3) is 0.429. The van der Waals surface area contributed by atoms with Gasteiger partial charge in [0.15, 0.2) is 0 Å². The molecule has 4 heteroatoms. The molecule has 0 bridgehead atoms. The lowest BCUT2D eigenvalue weighted by Gasteiger charge is -2.43. The smallest absolute Gasteiger partial charge is 0.148 e. The van der Waals surface area contributed by atoms with Crippen molar-refractivity contribution in [2.24, 2.45) is 0 Å². The molecule has 0 aliphatic carbocycles. The van der Waals surface area contributed by atoms with Crippen LogP contribution in [0.1, 0.15) is 13.8 Å². The molecule has 0 atom stereocenters. The Morgan fingerprint density at radius 1 is 1.22 bits per heavy atom. The first-order chi connectivity index (χ1) is 8.67. The van der Waals surface area contributed by atoms with Crippen LogP contribution >= 0.6 is 0 Å². The Labute approximate surface area is 107 Å². The zero-order valence-corrected chi connectivity index (χ0v) is 10.8. The quantitative estimate of drug-likeness (QED) is 0.828. The predicted octanol–water partition coefficient (Wildman–Crippen LogP) is 1.82. The van der Waals surface area contributed by atoms with Crippen LogP contribution in [-0.2, 0) is 0 Å². The maximum atomic E-state index is 4.73. The summed E-state index contributed by atoms with van der Waals surface area (Å²) < 4.78 is 0. The Morgan fingerprint density at radius 2 is 2.00 bits per heavy atom. The van der Waals surface area contributed by atoms with E-state index >= 15 is 0 Å². The minimum Gasteiger partial charge on any atom is -0.348 e. The van der Waals surface area contributed by atoms with Crippen LogP contribution in [0.3, 0.4) is 0 Å². The summed E-state index contributed by atoms with van der Waals surface area (Å²) in [6.45, 7) is 7.41. The van der Waals surface area contributed by atoms with E-state index in [9.17, 15) is 0 Å². The standard InChI is InChI=1S/C14H18N4/c1-14(2)10-15-7-8-18(14)13-9-16-11-5-3-4-6-12(11)17-13/h3-6,9,15H,7-8,10H2,1-2H3. The number of para-hydroxylation sites is 2. The average Bonchev–Trinajstić information content (AvgIpc) is 2.38. The van der Waals surface area contributed by atoms with Crippen LogP contribution in [0.2, 0.25) is 0 Å². The van der Waals surface area contributed by atoms with E-state index in [2.05, 4.69) is 29.0 Å². The van der Waals surface area contributed by atoms with Gasteiger partial charge >= 0.3 is 0 Å². The van der Waals surface area contributed by atoms with E-state index in [4.69, 9.17) is 4.98 Å². The van der Waals surface area contributed by atoms with Crippen molar-refractivity contribution in [3.8, 4) is 0 Å². The second-order valence-electron chi connectivity index (χ2n) is 5.36. The van der Waals surface area contributed by atoms with Gasteiger partial charge in [-0.15, -0.1) is 0 Å². The van der Waals surface area contributed by atoms with Crippen molar-refractivity contribution in [3.05, 3.63) is 30.5 Å². The first-order valence-electron chi connectivity index (χ1n) is 6.37. The van der Waals surface area contributed by atoms with E-state index in [1.54, 1.807) is 0 Å². The van der Waals surface area contributed by atoms with Gasteiger partial charge in [-0.25, -0.2) is 4.98 Å². The molecule has 94 valence electrons. The van der Waals surface area contributed by atoms with Crippen LogP contribution < -0.4 is 10.2 Å². The third kappa shape index (κ3) is 1.93. The first kappa shape index (κ1) is 11.4. The normalized spacial score (nSPS) is 19.1. The lowest BCUT2D eigenvalue weighted by Crippen LogP contribution is -2.58. The fourth-order valence-corrected chi connectivity index (χ4v) is 2.49. The van der Waals surface area contributed by atoms with Gasteiger partial charge in [-0.05, 0) is 26.0 Å². The maximum Gasteiger partial charge on any atom is 0.148 e. The van der Waals surface area contributed by atoms with E-state index in [1.165, 1.54) is 0 Å². The number of piperazine rings is 1. The van der Waals surface area contributed by atoms with Gasteiger partial charge in [0.1, 0.15) is 5.82 Å². The van der Waals surface area contributed by atoms with Crippen molar-refractivity contribution < 1.29 is 0 Å². The Balaban J connectivity index is 2.03. The highest BCUT2D eigenvalue weighted by molar-refractivity contribution is 5.75. The predicted molar refractivity (Wildman–Crippen MR) is 73.8 cm³/mol. The lowest BCUT2D eigenvalue weighted by molar-refractivity contribution is 0.378. The number of nitrogens with zero attached hydrogens (tertiary/aromatic N) is 3. The highest BCUT2D eigenvalue weighted by atomic mass is 15.3. The number of fused-ring (bicyclic) bond motifs is 1. The second-order valence-corrected chi connectivity index (χ2v) is 5.36. The summed E-state index contributed by atoms with van der Waals surface area (Å²) >= 11 is 0. The van der Waals surface area contributed by atoms with E-state index in [0.717, 1.165) is 36.5 Å². The minimum atomic E-state index is 0.0788. The molecule has 0 amide bonds. The summed E-state index contributed by atoms with van der Waals surface area (Å²) in [5.74, 6) is 0.972. The molecule has 0 unspecified atom stereocenters. The van der Waals surface area contributed by atoms with Crippen LogP contribution in [0.4, 0.5) is 5.82 Å². The van der Waals surface area contributed by atoms with Gasteiger partial charge in [-0.3, -0.25) is 4.98 Å². The largest absolute Gasteiger partial charge is 0.348 e. The summed E-state index contributed by atoms with van der Waals surface area (Å²) in [4.78, 5) is 11.6. The molecule has 18 heavy (non-hydrogen) atoms. The molecular weight excluding hydrogens is 224 g/mol. The summed E-state index contributed by atoms with van der Waals surface area (Å²) in [5, 5.41) is 3.42.